The van der Waals surface area contributed by atoms with E-state index >= 15 is 0 Å². The Hall–Kier alpha value is -3.80. The number of hydrogen-bond acceptors (Lipinski definition) is 8. The molecule has 9 nitrogen and oxygen atoms in total. The summed E-state index contributed by atoms with van der Waals surface area (Å²) in [5.74, 6) is -0.204. The van der Waals surface area contributed by atoms with Crippen LogP contribution < -0.4 is 14.8 Å². The fourth-order valence-corrected chi connectivity index (χ4v) is 4.75. The lowest BCUT2D eigenvalue weighted by molar-refractivity contribution is 0.164. The second-order valence-electron chi connectivity index (χ2n) is 7.96. The summed E-state index contributed by atoms with van der Waals surface area (Å²) in [6, 6.07) is 8.53. The van der Waals surface area contributed by atoms with Gasteiger partial charge < -0.3 is 19.5 Å². The molecule has 12 heteroatoms. The van der Waals surface area contributed by atoms with Crippen LogP contribution in [0.15, 0.2) is 47.0 Å². The maximum absolute atomic E-state index is 14.7. The first-order valence-electron chi connectivity index (χ1n) is 11.1. The molecule has 4 rings (SSSR count). The van der Waals surface area contributed by atoms with Crippen LogP contribution >= 0.6 is 0 Å². The number of ether oxygens (including phenoxy) is 3. The molecule has 0 spiro atoms. The van der Waals surface area contributed by atoms with Crippen LogP contribution in [-0.2, 0) is 20.2 Å². The van der Waals surface area contributed by atoms with Crippen molar-refractivity contribution in [2.45, 2.75) is 19.1 Å². The fraction of sp³-hybridized carbons (Fsp3) is 0.292. The third-order valence-corrected chi connectivity index (χ3v) is 6.38. The van der Waals surface area contributed by atoms with E-state index in [9.17, 15) is 17.8 Å². The Kier molecular flexibility index (Phi) is 7.63. The first-order chi connectivity index (χ1) is 17.2. The monoisotopic (exact) mass is 518 g/mol. The predicted molar refractivity (Wildman–Crippen MR) is 130 cm³/mol. The molecule has 0 fully saturated rings. The van der Waals surface area contributed by atoms with Gasteiger partial charge in [0.2, 0.25) is 5.88 Å². The molecule has 2 aromatic heterocycles. The molecule has 190 valence electrons. The van der Waals surface area contributed by atoms with Crippen LogP contribution in [0.5, 0.6) is 11.6 Å². The molecule has 1 aliphatic heterocycles. The van der Waals surface area contributed by atoms with Gasteiger partial charge in [-0.15, -0.1) is 4.36 Å². The lowest BCUT2D eigenvalue weighted by Crippen LogP contribution is -2.10. The van der Waals surface area contributed by atoms with E-state index in [0.717, 1.165) is 6.20 Å². The molecular weight excluding hydrogens is 494 g/mol. The van der Waals surface area contributed by atoms with Gasteiger partial charge in [-0.2, -0.15) is 4.98 Å². The molecule has 3 heterocycles. The summed E-state index contributed by atoms with van der Waals surface area (Å²) in [6.07, 6.45) is 1.92. The van der Waals surface area contributed by atoms with Crippen molar-refractivity contribution in [2.24, 2.45) is 4.36 Å². The molecule has 36 heavy (non-hydrogen) atoms. The highest BCUT2D eigenvalue weighted by Crippen LogP contribution is 2.34. The molecule has 1 aromatic carbocycles. The van der Waals surface area contributed by atoms with E-state index in [1.807, 2.05) is 0 Å². The summed E-state index contributed by atoms with van der Waals surface area (Å²) < 4.78 is 61.4. The predicted octanol–water partition coefficient (Wildman–Crippen LogP) is 5.08. The second-order valence-corrected chi connectivity index (χ2v) is 10.3. The zero-order valence-electron chi connectivity index (χ0n) is 19.6. The molecule has 0 saturated carbocycles. The number of fused-ring (bicyclic) bond motifs is 6. The molecule has 3 aromatic rings. The van der Waals surface area contributed by atoms with Crippen LogP contribution in [0, 0.1) is 11.6 Å². The van der Waals surface area contributed by atoms with Crippen molar-refractivity contribution >= 4 is 27.5 Å². The summed E-state index contributed by atoms with van der Waals surface area (Å²) >= 11 is 0. The average Bonchev–Trinajstić information content (AvgIpc) is 2.79. The fourth-order valence-electron chi connectivity index (χ4n) is 3.53. The van der Waals surface area contributed by atoms with Gasteiger partial charge in [0.1, 0.15) is 29.0 Å². The maximum atomic E-state index is 14.7. The van der Waals surface area contributed by atoms with Crippen molar-refractivity contribution < 1.29 is 32.0 Å². The van der Waals surface area contributed by atoms with Gasteiger partial charge in [-0.05, 0) is 36.8 Å². The molecule has 1 aliphatic rings. The molecule has 0 saturated heterocycles. The summed E-state index contributed by atoms with van der Waals surface area (Å²) in [7, 11) is -2.96. The van der Waals surface area contributed by atoms with Crippen molar-refractivity contribution in [1.29, 1.82) is 0 Å². The molecule has 4 bridgehead atoms. The first kappa shape index (κ1) is 25.3. The Bertz CT molecular complexity index is 1410. The third-order valence-electron chi connectivity index (χ3n) is 4.97. The minimum absolute atomic E-state index is 0.0660. The van der Waals surface area contributed by atoms with E-state index in [-0.39, 0.29) is 48.6 Å². The zero-order chi connectivity index (χ0) is 25.7. The van der Waals surface area contributed by atoms with Crippen molar-refractivity contribution in [3.63, 3.8) is 0 Å². The minimum atomic E-state index is -2.96. The highest BCUT2D eigenvalue weighted by molar-refractivity contribution is 7.92. The van der Waals surface area contributed by atoms with Crippen LogP contribution in [0.2, 0.25) is 0 Å². The van der Waals surface area contributed by atoms with Gasteiger partial charge >= 0.3 is 6.09 Å². The maximum Gasteiger partial charge on any atom is 0.441 e. The van der Waals surface area contributed by atoms with Gasteiger partial charge in [-0.3, -0.25) is 0 Å². The topological polar surface area (TPSA) is 112 Å². The van der Waals surface area contributed by atoms with Gasteiger partial charge in [0.05, 0.1) is 41.5 Å². The van der Waals surface area contributed by atoms with Gasteiger partial charge in [-0.25, -0.2) is 22.8 Å². The Morgan fingerprint density at radius 3 is 2.75 bits per heavy atom. The van der Waals surface area contributed by atoms with Crippen LogP contribution in [0.3, 0.4) is 0 Å². The average molecular weight is 519 g/mol. The standard InChI is InChI=1S/C24H24F2N4O5S/c1-3-33-24(31)30-36(2,32)14-15-9-22-28-21-12-18(19(26)13-27-21)17-6-5-16(25)11-20(17)34-7-4-8-35-23(10-15)29-22/h5-6,9-13H,3-4,7-8,14H2,1-2H3,(H,27,28,29). The normalized spacial score (nSPS) is 14.6. The molecule has 0 radical (unpaired) electrons. The number of anilines is 2. The number of rotatable bonds is 3. The molecule has 1 N–H and O–H groups in total. The minimum Gasteiger partial charge on any atom is -0.493 e. The lowest BCUT2D eigenvalue weighted by atomic mass is 10.0. The highest BCUT2D eigenvalue weighted by atomic mass is 32.2. The summed E-state index contributed by atoms with van der Waals surface area (Å²) in [4.78, 5) is 20.2. The first-order valence-corrected chi connectivity index (χ1v) is 13.2. The SMILES string of the molecule is CCOC(=O)N=S(C)(=O)Cc1cc2nc(c1)OCCCOc1cc(F)ccc1-c1cc(ncc1F)N2. The number of carbonyl (C=O) groups is 1. The summed E-state index contributed by atoms with van der Waals surface area (Å²) in [5, 5.41) is 3.00. The number of halogens is 2. The lowest BCUT2D eigenvalue weighted by Gasteiger charge is -2.16. The third kappa shape index (κ3) is 6.45. The number of hydrogen-bond donors (Lipinski definition) is 1. The summed E-state index contributed by atoms with van der Waals surface area (Å²) in [5.41, 5.74) is 1.07. The van der Waals surface area contributed by atoms with Crippen LogP contribution in [0.1, 0.15) is 18.9 Å². The highest BCUT2D eigenvalue weighted by Gasteiger charge is 2.16. The molecule has 0 aliphatic carbocycles. The smallest absolute Gasteiger partial charge is 0.441 e. The van der Waals surface area contributed by atoms with E-state index in [1.54, 1.807) is 19.1 Å². The Balaban J connectivity index is 1.73. The molecular formula is C24H24F2N4O5S. The van der Waals surface area contributed by atoms with Crippen molar-refractivity contribution in [2.75, 3.05) is 31.4 Å². The van der Waals surface area contributed by atoms with Gasteiger partial charge in [0.25, 0.3) is 0 Å². The van der Waals surface area contributed by atoms with Gasteiger partial charge in [-0.1, -0.05) is 0 Å². The van der Waals surface area contributed by atoms with Crippen molar-refractivity contribution in [3.8, 4) is 22.8 Å². The molecule has 1 atom stereocenters. The molecule has 1 amide bonds. The number of pyridine rings is 2. The number of benzene rings is 1. The summed E-state index contributed by atoms with van der Waals surface area (Å²) in [6.45, 7) is 2.15. The van der Waals surface area contributed by atoms with E-state index in [4.69, 9.17) is 14.2 Å². The Labute approximate surface area is 207 Å². The van der Waals surface area contributed by atoms with Gasteiger partial charge in [0, 0.05) is 35.9 Å². The largest absolute Gasteiger partial charge is 0.493 e. The van der Waals surface area contributed by atoms with Crippen LogP contribution in [0.25, 0.3) is 11.1 Å². The number of carbonyl (C=O) groups excluding carboxylic acids is 1. The van der Waals surface area contributed by atoms with Crippen LogP contribution in [0.4, 0.5) is 25.2 Å². The number of nitrogens with one attached hydrogen (secondary N) is 1. The number of amides is 1. The Morgan fingerprint density at radius 1 is 1.14 bits per heavy atom. The zero-order valence-corrected chi connectivity index (χ0v) is 20.4. The quantitative estimate of drug-likeness (QED) is 0.511. The van der Waals surface area contributed by atoms with Gasteiger partial charge in [0.15, 0.2) is 0 Å². The van der Waals surface area contributed by atoms with E-state index in [1.165, 1.54) is 30.5 Å². The van der Waals surface area contributed by atoms with Crippen molar-refractivity contribution in [1.82, 2.24) is 9.97 Å². The molecule has 1 unspecified atom stereocenters. The Morgan fingerprint density at radius 2 is 1.94 bits per heavy atom. The van der Waals surface area contributed by atoms with Crippen LogP contribution in [-0.4, -0.2) is 46.3 Å². The van der Waals surface area contributed by atoms with Crippen molar-refractivity contribution in [3.05, 3.63) is 59.8 Å². The second kappa shape index (κ2) is 10.9. The van der Waals surface area contributed by atoms with E-state index in [2.05, 4.69) is 19.6 Å². The number of nitrogens with zero attached hydrogens (tertiary/aromatic N) is 3. The van der Waals surface area contributed by atoms with E-state index in [0.29, 0.717) is 23.4 Å². The number of aromatic nitrogens is 2. The van der Waals surface area contributed by atoms with E-state index < -0.39 is 27.5 Å².